The van der Waals surface area contributed by atoms with Crippen molar-refractivity contribution in [2.45, 2.75) is 26.5 Å². The molecule has 0 saturated carbocycles. The van der Waals surface area contributed by atoms with Crippen molar-refractivity contribution in [2.75, 3.05) is 24.9 Å². The third-order valence-corrected chi connectivity index (χ3v) is 6.42. The van der Waals surface area contributed by atoms with Crippen LogP contribution >= 0.6 is 0 Å². The molecule has 3 aromatic carbocycles. The number of carbonyl (C=O) groups excluding carboxylic acids is 1. The predicted molar refractivity (Wildman–Crippen MR) is 145 cm³/mol. The van der Waals surface area contributed by atoms with Gasteiger partial charge in [0.05, 0.1) is 25.5 Å². The molecule has 1 aliphatic rings. The fourth-order valence-corrected chi connectivity index (χ4v) is 4.39. The summed E-state index contributed by atoms with van der Waals surface area (Å²) in [5.74, 6) is 2.11. The molecule has 9 heteroatoms. The minimum absolute atomic E-state index is 0.299. The number of nitrogens with one attached hydrogen (secondary N) is 2. The SMILES string of the molecule is COc1ccc(OC)c(NC(=O)C2=C(C)Nc3ncnn3[C@H]2c2ccc(OCc3ccc(C)cc3)cc2)c1. The number of aromatic nitrogens is 3. The molecule has 9 nitrogen and oxygen atoms in total. The Balaban J connectivity index is 1.42. The first-order valence-electron chi connectivity index (χ1n) is 12.2. The second kappa shape index (κ2) is 10.7. The third-order valence-electron chi connectivity index (χ3n) is 6.42. The smallest absolute Gasteiger partial charge is 0.255 e. The largest absolute Gasteiger partial charge is 0.497 e. The number of benzene rings is 3. The number of allylic oxidation sites excluding steroid dienone is 1. The van der Waals surface area contributed by atoms with Gasteiger partial charge in [-0.05, 0) is 49.2 Å². The summed E-state index contributed by atoms with van der Waals surface area (Å²) in [6.07, 6.45) is 1.47. The molecule has 0 fully saturated rings. The van der Waals surface area contributed by atoms with Gasteiger partial charge in [0.1, 0.15) is 36.2 Å². The predicted octanol–water partition coefficient (Wildman–Crippen LogP) is 5.11. The number of methoxy groups -OCH3 is 2. The highest BCUT2D eigenvalue weighted by molar-refractivity contribution is 6.06. The van der Waals surface area contributed by atoms with Crippen molar-refractivity contribution in [2.24, 2.45) is 0 Å². The van der Waals surface area contributed by atoms with Crippen LogP contribution in [0.25, 0.3) is 0 Å². The highest BCUT2D eigenvalue weighted by Crippen LogP contribution is 2.37. The van der Waals surface area contributed by atoms with Gasteiger partial charge in [0.15, 0.2) is 0 Å². The zero-order chi connectivity index (χ0) is 26.6. The Morgan fingerprint density at radius 1 is 0.974 bits per heavy atom. The molecule has 0 bridgehead atoms. The van der Waals surface area contributed by atoms with Crippen LogP contribution in [0.5, 0.6) is 17.2 Å². The molecule has 0 aliphatic carbocycles. The minimum Gasteiger partial charge on any atom is -0.497 e. The molecule has 0 saturated heterocycles. The highest BCUT2D eigenvalue weighted by Gasteiger charge is 2.33. The number of ether oxygens (including phenoxy) is 3. The maximum absolute atomic E-state index is 13.7. The van der Waals surface area contributed by atoms with Gasteiger partial charge in [0, 0.05) is 11.8 Å². The Bertz CT molecular complexity index is 1480. The van der Waals surface area contributed by atoms with Gasteiger partial charge < -0.3 is 24.8 Å². The zero-order valence-corrected chi connectivity index (χ0v) is 21.7. The number of nitrogens with zero attached hydrogens (tertiary/aromatic N) is 3. The van der Waals surface area contributed by atoms with Crippen LogP contribution in [0.15, 0.2) is 84.3 Å². The number of hydrogen-bond acceptors (Lipinski definition) is 7. The lowest BCUT2D eigenvalue weighted by Crippen LogP contribution is -2.31. The molecule has 1 aromatic heterocycles. The fourth-order valence-electron chi connectivity index (χ4n) is 4.39. The van der Waals surface area contributed by atoms with Gasteiger partial charge in [0.2, 0.25) is 5.95 Å². The molecule has 38 heavy (non-hydrogen) atoms. The van der Waals surface area contributed by atoms with E-state index in [1.165, 1.54) is 11.9 Å². The summed E-state index contributed by atoms with van der Waals surface area (Å²) >= 11 is 0. The lowest BCUT2D eigenvalue weighted by atomic mass is 9.95. The number of fused-ring (bicyclic) bond motifs is 1. The maximum Gasteiger partial charge on any atom is 0.255 e. The van der Waals surface area contributed by atoms with E-state index in [1.807, 2.05) is 31.2 Å². The van der Waals surface area contributed by atoms with E-state index >= 15 is 0 Å². The first-order valence-corrected chi connectivity index (χ1v) is 12.2. The summed E-state index contributed by atoms with van der Waals surface area (Å²) in [6, 6.07) is 20.7. The Kier molecular flexibility index (Phi) is 6.99. The van der Waals surface area contributed by atoms with Crippen LogP contribution < -0.4 is 24.8 Å². The van der Waals surface area contributed by atoms with Crippen LogP contribution in [-0.2, 0) is 11.4 Å². The molecule has 0 unspecified atom stereocenters. The Labute approximate surface area is 221 Å². The van der Waals surface area contributed by atoms with Crippen molar-refractivity contribution in [1.82, 2.24) is 14.8 Å². The van der Waals surface area contributed by atoms with Gasteiger partial charge >= 0.3 is 0 Å². The van der Waals surface area contributed by atoms with E-state index < -0.39 is 6.04 Å². The van der Waals surface area contributed by atoms with E-state index in [1.54, 1.807) is 37.1 Å². The summed E-state index contributed by atoms with van der Waals surface area (Å²) in [5.41, 5.74) is 4.84. The number of rotatable bonds is 8. The van der Waals surface area contributed by atoms with Crippen molar-refractivity contribution >= 4 is 17.5 Å². The Morgan fingerprint density at radius 3 is 2.42 bits per heavy atom. The number of anilines is 2. The van der Waals surface area contributed by atoms with Gasteiger partial charge in [-0.25, -0.2) is 4.68 Å². The zero-order valence-electron chi connectivity index (χ0n) is 21.7. The van der Waals surface area contributed by atoms with Crippen LogP contribution in [-0.4, -0.2) is 34.9 Å². The Hall–Kier alpha value is -4.79. The number of carbonyl (C=O) groups is 1. The minimum atomic E-state index is -0.503. The van der Waals surface area contributed by atoms with Crippen LogP contribution in [0.3, 0.4) is 0 Å². The van der Waals surface area contributed by atoms with Gasteiger partial charge in [-0.1, -0.05) is 42.0 Å². The fraction of sp³-hybridized carbons (Fsp3) is 0.207. The maximum atomic E-state index is 13.7. The van der Waals surface area contributed by atoms with Gasteiger partial charge in [-0.2, -0.15) is 10.1 Å². The van der Waals surface area contributed by atoms with Gasteiger partial charge in [-0.15, -0.1) is 0 Å². The molecule has 194 valence electrons. The number of hydrogen-bond donors (Lipinski definition) is 2. The topological polar surface area (TPSA) is 99.5 Å². The standard InChI is InChI=1S/C29H29N5O4/c1-18-5-7-20(8-6-18)16-38-22-11-9-21(10-12-22)27-26(19(2)32-29-30-17-31-34(27)29)28(35)33-24-15-23(36-3)13-14-25(24)37-4/h5-15,17,27H,16H2,1-4H3,(H,33,35)(H,30,31,32)/t27-/m0/s1. The molecule has 0 spiro atoms. The first kappa shape index (κ1) is 24.9. The Morgan fingerprint density at radius 2 is 1.71 bits per heavy atom. The van der Waals surface area contributed by atoms with Crippen molar-refractivity contribution in [1.29, 1.82) is 0 Å². The number of aryl methyl sites for hydroxylation is 1. The lowest BCUT2D eigenvalue weighted by Gasteiger charge is -2.29. The second-order valence-corrected chi connectivity index (χ2v) is 8.96. The van der Waals surface area contributed by atoms with E-state index in [-0.39, 0.29) is 5.91 Å². The van der Waals surface area contributed by atoms with Crippen LogP contribution in [0, 0.1) is 6.92 Å². The normalized spacial score (nSPS) is 14.4. The second-order valence-electron chi connectivity index (χ2n) is 8.96. The van der Waals surface area contributed by atoms with E-state index in [0.29, 0.717) is 41.0 Å². The molecule has 2 heterocycles. The first-order chi connectivity index (χ1) is 18.5. The molecule has 0 radical (unpaired) electrons. The molecule has 1 atom stereocenters. The van der Waals surface area contributed by atoms with Crippen LogP contribution in [0.2, 0.25) is 0 Å². The quantitative estimate of drug-likeness (QED) is 0.339. The monoisotopic (exact) mass is 511 g/mol. The average Bonchev–Trinajstić information content (AvgIpc) is 3.40. The summed E-state index contributed by atoms with van der Waals surface area (Å²) in [6.45, 7) is 4.37. The van der Waals surface area contributed by atoms with E-state index in [0.717, 1.165) is 16.9 Å². The summed E-state index contributed by atoms with van der Waals surface area (Å²) in [4.78, 5) is 18.0. The van der Waals surface area contributed by atoms with Crippen molar-refractivity contribution in [3.63, 3.8) is 0 Å². The van der Waals surface area contributed by atoms with Gasteiger partial charge in [0.25, 0.3) is 5.91 Å². The summed E-state index contributed by atoms with van der Waals surface area (Å²) in [7, 11) is 3.12. The van der Waals surface area contributed by atoms with Crippen LogP contribution in [0.4, 0.5) is 11.6 Å². The third kappa shape index (κ3) is 5.04. The van der Waals surface area contributed by atoms with E-state index in [2.05, 4.69) is 51.9 Å². The molecule has 1 amide bonds. The molecule has 1 aliphatic heterocycles. The molecule has 4 aromatic rings. The summed E-state index contributed by atoms with van der Waals surface area (Å²) < 4.78 is 18.5. The van der Waals surface area contributed by atoms with Crippen LogP contribution in [0.1, 0.15) is 29.7 Å². The van der Waals surface area contributed by atoms with E-state index in [4.69, 9.17) is 14.2 Å². The molecular weight excluding hydrogens is 482 g/mol. The van der Waals surface area contributed by atoms with Crippen molar-refractivity contribution in [3.8, 4) is 17.2 Å². The molecule has 2 N–H and O–H groups in total. The lowest BCUT2D eigenvalue weighted by molar-refractivity contribution is -0.113. The van der Waals surface area contributed by atoms with Crippen molar-refractivity contribution < 1.29 is 19.0 Å². The average molecular weight is 512 g/mol. The van der Waals surface area contributed by atoms with Gasteiger partial charge in [-0.3, -0.25) is 4.79 Å². The number of amides is 1. The summed E-state index contributed by atoms with van der Waals surface area (Å²) in [5, 5.41) is 10.6. The van der Waals surface area contributed by atoms with Crippen molar-refractivity contribution in [3.05, 3.63) is 101 Å². The highest BCUT2D eigenvalue weighted by atomic mass is 16.5. The molecular formula is C29H29N5O4. The van der Waals surface area contributed by atoms with E-state index in [9.17, 15) is 4.79 Å². The molecule has 5 rings (SSSR count).